The molecule has 15 heteroatoms. The summed E-state index contributed by atoms with van der Waals surface area (Å²) in [5.41, 5.74) is 4.39. The summed E-state index contributed by atoms with van der Waals surface area (Å²) in [6, 6.07) is 15.2. The Bertz CT molecular complexity index is 1790. The first kappa shape index (κ1) is 30.3. The number of amides is 2. The molecule has 0 spiro atoms. The highest BCUT2D eigenvalue weighted by atomic mass is 35.5. The number of halogens is 2. The SMILES string of the molecule is CCn1ccc(C[C@H](NC(=O)/C=C/c2cc(Cl)ccc2-n2cnnn2)c2cc(-c3ccc(NC(=O)OC)cc3)c(Cl)nn2)n1. The van der Waals surface area contributed by atoms with Crippen molar-refractivity contribution in [3.05, 3.63) is 100 Å². The number of hydrogen-bond acceptors (Lipinski definition) is 9. The number of rotatable bonds is 10. The first-order chi connectivity index (χ1) is 21.3. The first-order valence-corrected chi connectivity index (χ1v) is 14.1. The fourth-order valence-electron chi connectivity index (χ4n) is 4.32. The number of nitrogens with one attached hydrogen (secondary N) is 2. The van der Waals surface area contributed by atoms with E-state index in [9.17, 15) is 9.59 Å². The van der Waals surface area contributed by atoms with Crippen LogP contribution in [-0.4, -0.2) is 59.3 Å². The number of ether oxygens (including phenoxy) is 1. The van der Waals surface area contributed by atoms with Gasteiger partial charge in [0.15, 0.2) is 5.15 Å². The zero-order chi connectivity index (χ0) is 31.1. The molecule has 13 nitrogen and oxygen atoms in total. The topological polar surface area (TPSA) is 155 Å². The Balaban J connectivity index is 1.43. The lowest BCUT2D eigenvalue weighted by molar-refractivity contribution is -0.117. The van der Waals surface area contributed by atoms with Crippen molar-refractivity contribution >= 4 is 47.0 Å². The second-order valence-corrected chi connectivity index (χ2v) is 10.2. The van der Waals surface area contributed by atoms with Gasteiger partial charge < -0.3 is 10.1 Å². The van der Waals surface area contributed by atoms with Crippen LogP contribution in [0.1, 0.15) is 29.9 Å². The Morgan fingerprint density at radius 2 is 1.89 bits per heavy atom. The Morgan fingerprint density at radius 3 is 2.59 bits per heavy atom. The van der Waals surface area contributed by atoms with Crippen LogP contribution < -0.4 is 10.6 Å². The number of carbonyl (C=O) groups is 2. The second-order valence-electron chi connectivity index (χ2n) is 9.39. The summed E-state index contributed by atoms with van der Waals surface area (Å²) in [6.45, 7) is 2.69. The standard InChI is InChI=1S/C29H26Cl2N10O3/c1-3-40-13-12-22(37-40)15-24(34-27(42)11-6-19-14-20(30)7-10-26(19)41-17-32-38-39-41)25-16-23(28(31)36-35-25)18-4-8-21(9-5-18)33-29(43)44-2/h4-14,16-17,24H,3,15H2,1-2H3,(H,33,43)(H,34,42)/b11-6+/t24-/m0/s1. The van der Waals surface area contributed by atoms with E-state index in [0.717, 1.165) is 11.3 Å². The molecule has 0 unspecified atom stereocenters. The molecule has 224 valence electrons. The van der Waals surface area contributed by atoms with Gasteiger partial charge in [0, 0.05) is 47.1 Å². The van der Waals surface area contributed by atoms with Gasteiger partial charge in [0.1, 0.15) is 6.33 Å². The molecule has 3 heterocycles. The fourth-order valence-corrected chi connectivity index (χ4v) is 4.70. The third kappa shape index (κ3) is 7.43. The summed E-state index contributed by atoms with van der Waals surface area (Å²) in [7, 11) is 1.29. The lowest BCUT2D eigenvalue weighted by atomic mass is 10.0. The highest BCUT2D eigenvalue weighted by Gasteiger charge is 2.20. The lowest BCUT2D eigenvalue weighted by Gasteiger charge is -2.17. The zero-order valence-corrected chi connectivity index (χ0v) is 25.1. The largest absolute Gasteiger partial charge is 0.453 e. The number of nitrogens with zero attached hydrogens (tertiary/aromatic N) is 8. The van der Waals surface area contributed by atoms with Gasteiger partial charge in [-0.05, 0) is 71.5 Å². The van der Waals surface area contributed by atoms with Crippen molar-refractivity contribution < 1.29 is 14.3 Å². The number of aromatic nitrogens is 8. The van der Waals surface area contributed by atoms with E-state index in [1.165, 1.54) is 24.2 Å². The molecule has 0 bridgehead atoms. The van der Waals surface area contributed by atoms with E-state index in [0.29, 0.717) is 46.2 Å². The third-order valence-electron chi connectivity index (χ3n) is 6.50. The maximum atomic E-state index is 13.3. The first-order valence-electron chi connectivity index (χ1n) is 13.3. The van der Waals surface area contributed by atoms with Crippen LogP contribution >= 0.6 is 23.2 Å². The Hall–Kier alpha value is -5.14. The van der Waals surface area contributed by atoms with E-state index in [-0.39, 0.29) is 11.1 Å². The Labute approximate surface area is 261 Å². The normalized spacial score (nSPS) is 11.8. The van der Waals surface area contributed by atoms with E-state index >= 15 is 0 Å². The monoisotopic (exact) mass is 632 g/mol. The van der Waals surface area contributed by atoms with Crippen LogP contribution in [-0.2, 0) is 22.5 Å². The molecular weight excluding hydrogens is 607 g/mol. The van der Waals surface area contributed by atoms with Crippen molar-refractivity contribution in [3.63, 3.8) is 0 Å². The van der Waals surface area contributed by atoms with E-state index in [2.05, 4.69) is 46.2 Å². The average Bonchev–Trinajstić information content (AvgIpc) is 3.73. The van der Waals surface area contributed by atoms with Crippen molar-refractivity contribution in [1.29, 1.82) is 0 Å². The quantitative estimate of drug-likeness (QED) is 0.204. The van der Waals surface area contributed by atoms with Crippen LogP contribution in [0.5, 0.6) is 0 Å². The second kappa shape index (κ2) is 13.9. The number of anilines is 1. The molecule has 2 amide bonds. The molecule has 5 aromatic rings. The molecule has 0 fully saturated rings. The predicted octanol–water partition coefficient (Wildman–Crippen LogP) is 4.93. The average molecular weight is 634 g/mol. The van der Waals surface area contributed by atoms with Crippen LogP contribution in [0.3, 0.4) is 0 Å². The van der Waals surface area contributed by atoms with Gasteiger partial charge in [0.2, 0.25) is 5.91 Å². The van der Waals surface area contributed by atoms with Gasteiger partial charge in [-0.15, -0.1) is 10.2 Å². The van der Waals surface area contributed by atoms with Gasteiger partial charge in [-0.25, -0.2) is 4.79 Å². The van der Waals surface area contributed by atoms with Crippen LogP contribution in [0.2, 0.25) is 10.2 Å². The summed E-state index contributed by atoms with van der Waals surface area (Å²) in [4.78, 5) is 24.8. The summed E-state index contributed by atoms with van der Waals surface area (Å²) in [5.74, 6) is -0.385. The number of tetrazole rings is 1. The molecule has 0 aliphatic rings. The summed E-state index contributed by atoms with van der Waals surface area (Å²) in [5, 5.41) is 30.6. The van der Waals surface area contributed by atoms with E-state index in [4.69, 9.17) is 23.2 Å². The maximum absolute atomic E-state index is 13.3. The summed E-state index contributed by atoms with van der Waals surface area (Å²) < 4.78 is 7.92. The van der Waals surface area contributed by atoms with E-state index in [1.54, 1.807) is 59.3 Å². The smallest absolute Gasteiger partial charge is 0.411 e. The maximum Gasteiger partial charge on any atom is 0.411 e. The third-order valence-corrected chi connectivity index (χ3v) is 7.02. The van der Waals surface area contributed by atoms with Gasteiger partial charge in [-0.3, -0.25) is 14.8 Å². The van der Waals surface area contributed by atoms with Crippen LogP contribution in [0.15, 0.2) is 73.2 Å². The van der Waals surface area contributed by atoms with Crippen molar-refractivity contribution in [3.8, 4) is 16.8 Å². The Kier molecular flexibility index (Phi) is 9.57. The molecule has 5 rings (SSSR count). The summed E-state index contributed by atoms with van der Waals surface area (Å²) >= 11 is 12.7. The zero-order valence-electron chi connectivity index (χ0n) is 23.6. The number of methoxy groups -OCH3 is 1. The van der Waals surface area contributed by atoms with Crippen molar-refractivity contribution in [1.82, 2.24) is 45.5 Å². The lowest BCUT2D eigenvalue weighted by Crippen LogP contribution is -2.29. The number of hydrogen-bond donors (Lipinski definition) is 2. The van der Waals surface area contributed by atoms with Crippen LogP contribution in [0, 0.1) is 0 Å². The Morgan fingerprint density at radius 1 is 1.07 bits per heavy atom. The number of benzene rings is 2. The highest BCUT2D eigenvalue weighted by molar-refractivity contribution is 6.32. The minimum atomic E-state index is -0.602. The fraction of sp³-hybridized carbons (Fsp3) is 0.172. The molecule has 2 aromatic carbocycles. The van der Waals surface area contributed by atoms with Gasteiger partial charge in [-0.1, -0.05) is 35.3 Å². The van der Waals surface area contributed by atoms with Gasteiger partial charge >= 0.3 is 6.09 Å². The molecule has 0 aliphatic heterocycles. The van der Waals surface area contributed by atoms with Crippen molar-refractivity contribution in [2.24, 2.45) is 0 Å². The minimum Gasteiger partial charge on any atom is -0.453 e. The molecule has 3 aromatic heterocycles. The van der Waals surface area contributed by atoms with Gasteiger partial charge in [-0.2, -0.15) is 14.9 Å². The van der Waals surface area contributed by atoms with E-state index < -0.39 is 12.1 Å². The predicted molar refractivity (Wildman–Crippen MR) is 164 cm³/mol. The van der Waals surface area contributed by atoms with Crippen LogP contribution in [0.4, 0.5) is 10.5 Å². The van der Waals surface area contributed by atoms with E-state index in [1.807, 2.05) is 19.2 Å². The van der Waals surface area contributed by atoms with Crippen LogP contribution in [0.25, 0.3) is 22.9 Å². The molecule has 0 saturated carbocycles. The summed E-state index contributed by atoms with van der Waals surface area (Å²) in [6.07, 6.45) is 6.11. The van der Waals surface area contributed by atoms with Gasteiger partial charge in [0.05, 0.1) is 30.2 Å². The minimum absolute atomic E-state index is 0.179. The van der Waals surface area contributed by atoms with Crippen molar-refractivity contribution in [2.45, 2.75) is 25.9 Å². The number of aryl methyl sites for hydroxylation is 1. The molecule has 44 heavy (non-hydrogen) atoms. The number of carbonyl (C=O) groups excluding carboxylic acids is 2. The molecule has 0 aliphatic carbocycles. The van der Waals surface area contributed by atoms with Crippen molar-refractivity contribution in [2.75, 3.05) is 12.4 Å². The van der Waals surface area contributed by atoms with Gasteiger partial charge in [0.25, 0.3) is 0 Å². The molecule has 0 saturated heterocycles. The highest BCUT2D eigenvalue weighted by Crippen LogP contribution is 2.30. The molecule has 2 N–H and O–H groups in total. The molecular formula is C29H26Cl2N10O3. The molecule has 1 atom stereocenters. The molecule has 0 radical (unpaired) electrons.